The van der Waals surface area contributed by atoms with Crippen molar-refractivity contribution in [3.05, 3.63) is 79.0 Å². The molecule has 0 saturated heterocycles. The molecular weight excluding hydrogens is 416 g/mol. The molecule has 0 saturated carbocycles. The first-order valence-electron chi connectivity index (χ1n) is 8.34. The number of nitrogens with one attached hydrogen (secondary N) is 1. The lowest BCUT2D eigenvalue weighted by atomic mass is 10.1. The zero-order chi connectivity index (χ0) is 18.4. The summed E-state index contributed by atoms with van der Waals surface area (Å²) in [6.45, 7) is 2.36. The summed E-state index contributed by atoms with van der Waals surface area (Å²) in [6, 6.07) is 11.4. The molecule has 1 N–H and O–H groups in total. The first kappa shape index (κ1) is 17.3. The van der Waals surface area contributed by atoms with Crippen molar-refractivity contribution in [1.29, 1.82) is 0 Å². The molecule has 26 heavy (non-hydrogen) atoms. The normalized spacial score (nSPS) is 15.4. The zero-order valence-electron chi connectivity index (χ0n) is 14.1. The van der Waals surface area contributed by atoms with Crippen molar-refractivity contribution in [2.45, 2.75) is 25.9 Å². The fraction of sp³-hybridized carbons (Fsp3) is 0.200. The largest absolute Gasteiger partial charge is 0.348 e. The standard InChI is InChI=1S/C20H16BrClN2O2/c1-11-6-13-7-14(21)8-15-18(13)24(11)10-16(19(15)25)20(26)23-9-12-4-2-3-5-17(12)22/h2-5,7-8,10-11H,6,9H2,1H3,(H,23,26)/t11-/m0/s1. The predicted molar refractivity (Wildman–Crippen MR) is 107 cm³/mol. The van der Waals surface area contributed by atoms with E-state index >= 15 is 0 Å². The number of carbonyl (C=O) groups excluding carboxylic acids is 1. The Morgan fingerprint density at radius 1 is 1.35 bits per heavy atom. The summed E-state index contributed by atoms with van der Waals surface area (Å²) in [7, 11) is 0. The van der Waals surface area contributed by atoms with Crippen LogP contribution in [0, 0.1) is 0 Å². The Morgan fingerprint density at radius 3 is 2.88 bits per heavy atom. The van der Waals surface area contributed by atoms with Crippen LogP contribution in [-0.4, -0.2) is 10.5 Å². The number of aromatic nitrogens is 1. The quantitative estimate of drug-likeness (QED) is 0.665. The van der Waals surface area contributed by atoms with Crippen LogP contribution in [0.4, 0.5) is 0 Å². The van der Waals surface area contributed by atoms with Gasteiger partial charge in [-0.25, -0.2) is 0 Å². The highest BCUT2D eigenvalue weighted by atomic mass is 79.9. The minimum absolute atomic E-state index is 0.155. The summed E-state index contributed by atoms with van der Waals surface area (Å²) in [4.78, 5) is 25.6. The lowest BCUT2D eigenvalue weighted by Gasteiger charge is -2.13. The number of nitrogens with zero attached hydrogens (tertiary/aromatic N) is 1. The molecule has 1 amide bonds. The second-order valence-electron chi connectivity index (χ2n) is 6.57. The van der Waals surface area contributed by atoms with Crippen molar-refractivity contribution in [2.24, 2.45) is 0 Å². The van der Waals surface area contributed by atoms with Crippen LogP contribution < -0.4 is 10.7 Å². The summed E-state index contributed by atoms with van der Waals surface area (Å²) in [5.41, 5.74) is 2.77. The van der Waals surface area contributed by atoms with Crippen LogP contribution in [0.15, 0.2) is 51.9 Å². The molecule has 0 fully saturated rings. The summed E-state index contributed by atoms with van der Waals surface area (Å²) in [5, 5.41) is 3.97. The van der Waals surface area contributed by atoms with E-state index in [1.54, 1.807) is 18.3 Å². The molecule has 1 aromatic heterocycles. The van der Waals surface area contributed by atoms with Crippen LogP contribution in [0.1, 0.15) is 34.5 Å². The van der Waals surface area contributed by atoms with Gasteiger partial charge in [-0.3, -0.25) is 9.59 Å². The molecule has 4 nitrogen and oxygen atoms in total. The van der Waals surface area contributed by atoms with Crippen molar-refractivity contribution in [2.75, 3.05) is 0 Å². The molecule has 0 unspecified atom stereocenters. The highest BCUT2D eigenvalue weighted by Crippen LogP contribution is 2.33. The van der Waals surface area contributed by atoms with E-state index in [1.165, 1.54) is 0 Å². The maximum atomic E-state index is 12.9. The average Bonchev–Trinajstić information content (AvgIpc) is 2.92. The third kappa shape index (κ3) is 2.85. The lowest BCUT2D eigenvalue weighted by molar-refractivity contribution is 0.0949. The highest BCUT2D eigenvalue weighted by molar-refractivity contribution is 9.10. The Hall–Kier alpha value is -2.11. The van der Waals surface area contributed by atoms with Gasteiger partial charge in [-0.15, -0.1) is 0 Å². The van der Waals surface area contributed by atoms with Gasteiger partial charge in [-0.2, -0.15) is 0 Å². The number of hydrogen-bond acceptors (Lipinski definition) is 2. The fourth-order valence-corrected chi connectivity index (χ4v) is 4.24. The highest BCUT2D eigenvalue weighted by Gasteiger charge is 2.25. The van der Waals surface area contributed by atoms with Crippen LogP contribution in [0.3, 0.4) is 0 Å². The van der Waals surface area contributed by atoms with Gasteiger partial charge in [0.2, 0.25) is 5.43 Å². The van der Waals surface area contributed by atoms with Gasteiger partial charge >= 0.3 is 0 Å². The van der Waals surface area contributed by atoms with Gasteiger partial charge in [-0.1, -0.05) is 45.7 Å². The molecule has 6 heteroatoms. The van der Waals surface area contributed by atoms with Gasteiger partial charge in [0, 0.05) is 33.7 Å². The van der Waals surface area contributed by atoms with E-state index in [2.05, 4.69) is 28.2 Å². The van der Waals surface area contributed by atoms with E-state index in [4.69, 9.17) is 11.6 Å². The molecule has 2 heterocycles. The first-order chi connectivity index (χ1) is 12.5. The van der Waals surface area contributed by atoms with E-state index in [-0.39, 0.29) is 29.5 Å². The van der Waals surface area contributed by atoms with Gasteiger partial charge in [0.05, 0.1) is 5.52 Å². The molecule has 1 atom stereocenters. The number of hydrogen-bond donors (Lipinski definition) is 1. The molecule has 0 spiro atoms. The zero-order valence-corrected chi connectivity index (χ0v) is 16.4. The third-order valence-corrected chi connectivity index (χ3v) is 5.63. The van der Waals surface area contributed by atoms with Crippen LogP contribution in [-0.2, 0) is 13.0 Å². The lowest BCUT2D eigenvalue weighted by Crippen LogP contribution is -2.29. The maximum Gasteiger partial charge on any atom is 0.257 e. The van der Waals surface area contributed by atoms with Crippen LogP contribution in [0.2, 0.25) is 5.02 Å². The molecular formula is C20H16BrClN2O2. The van der Waals surface area contributed by atoms with Crippen molar-refractivity contribution in [3.8, 4) is 0 Å². The Morgan fingerprint density at radius 2 is 2.12 bits per heavy atom. The Bertz CT molecular complexity index is 1110. The Balaban J connectivity index is 1.74. The minimum Gasteiger partial charge on any atom is -0.348 e. The summed E-state index contributed by atoms with van der Waals surface area (Å²) >= 11 is 9.60. The van der Waals surface area contributed by atoms with Crippen LogP contribution >= 0.6 is 27.5 Å². The summed E-state index contributed by atoms with van der Waals surface area (Å²) in [5.74, 6) is -0.388. The number of benzene rings is 2. The Labute approximate surface area is 163 Å². The van der Waals surface area contributed by atoms with Gasteiger partial charge in [0.25, 0.3) is 5.91 Å². The number of rotatable bonds is 3. The van der Waals surface area contributed by atoms with Gasteiger partial charge in [0.1, 0.15) is 5.56 Å². The molecule has 0 bridgehead atoms. The number of pyridine rings is 1. The molecule has 132 valence electrons. The predicted octanol–water partition coefficient (Wildman–Crippen LogP) is 4.46. The SMILES string of the molecule is C[C@H]1Cc2cc(Br)cc3c(=O)c(C(=O)NCc4ccccc4Cl)cn1c23. The van der Waals surface area contributed by atoms with Gasteiger partial charge < -0.3 is 9.88 Å². The number of halogens is 2. The average molecular weight is 432 g/mol. The molecule has 3 aromatic rings. The van der Waals surface area contributed by atoms with Crippen molar-refractivity contribution in [1.82, 2.24) is 9.88 Å². The second kappa shape index (κ2) is 6.56. The fourth-order valence-electron chi connectivity index (χ4n) is 3.54. The number of carbonyl (C=O) groups is 1. The van der Waals surface area contributed by atoms with E-state index in [9.17, 15) is 9.59 Å². The van der Waals surface area contributed by atoms with E-state index in [1.807, 2.05) is 28.8 Å². The third-order valence-electron chi connectivity index (χ3n) is 4.80. The molecule has 1 aliphatic heterocycles. The summed E-state index contributed by atoms with van der Waals surface area (Å²) in [6.07, 6.45) is 2.53. The van der Waals surface area contributed by atoms with Crippen LogP contribution in [0.25, 0.3) is 10.9 Å². The van der Waals surface area contributed by atoms with Crippen LogP contribution in [0.5, 0.6) is 0 Å². The minimum atomic E-state index is -0.388. The Kier molecular flexibility index (Phi) is 4.37. The van der Waals surface area contributed by atoms with Gasteiger partial charge in [0.15, 0.2) is 0 Å². The second-order valence-corrected chi connectivity index (χ2v) is 7.89. The maximum absolute atomic E-state index is 12.9. The molecule has 0 radical (unpaired) electrons. The van der Waals surface area contributed by atoms with Gasteiger partial charge in [-0.05, 0) is 42.7 Å². The topological polar surface area (TPSA) is 51.1 Å². The number of amides is 1. The summed E-state index contributed by atoms with van der Waals surface area (Å²) < 4.78 is 2.88. The first-order valence-corrected chi connectivity index (χ1v) is 9.51. The van der Waals surface area contributed by atoms with E-state index in [0.29, 0.717) is 10.4 Å². The molecule has 0 aliphatic carbocycles. The monoisotopic (exact) mass is 430 g/mol. The molecule has 1 aliphatic rings. The van der Waals surface area contributed by atoms with E-state index < -0.39 is 0 Å². The van der Waals surface area contributed by atoms with Crippen molar-refractivity contribution in [3.63, 3.8) is 0 Å². The van der Waals surface area contributed by atoms with Crippen molar-refractivity contribution < 1.29 is 4.79 Å². The van der Waals surface area contributed by atoms with Crippen molar-refractivity contribution >= 4 is 44.3 Å². The molecule has 4 rings (SSSR count). The molecule has 2 aromatic carbocycles. The van der Waals surface area contributed by atoms with E-state index in [0.717, 1.165) is 27.5 Å². The smallest absolute Gasteiger partial charge is 0.257 e.